The molecule has 0 aliphatic carbocycles. The van der Waals surface area contributed by atoms with E-state index in [9.17, 15) is 0 Å². The lowest BCUT2D eigenvalue weighted by atomic mass is 9.78. The molecule has 2 aromatic carbocycles. The lowest BCUT2D eigenvalue weighted by Gasteiger charge is -2.35. The summed E-state index contributed by atoms with van der Waals surface area (Å²) in [5, 5.41) is 0. The van der Waals surface area contributed by atoms with Crippen LogP contribution in [0.15, 0.2) is 60.2 Å². The molecule has 1 saturated heterocycles. The summed E-state index contributed by atoms with van der Waals surface area (Å²) in [5.41, 5.74) is 7.02. The van der Waals surface area contributed by atoms with Crippen molar-refractivity contribution in [2.75, 3.05) is 19.6 Å². The summed E-state index contributed by atoms with van der Waals surface area (Å²) >= 11 is 0. The number of likely N-dealkylation sites (tertiary alicyclic amines) is 1. The van der Waals surface area contributed by atoms with Gasteiger partial charge >= 0.3 is 0 Å². The van der Waals surface area contributed by atoms with Gasteiger partial charge in [-0.05, 0) is 54.4 Å². The van der Waals surface area contributed by atoms with Crippen molar-refractivity contribution in [1.82, 2.24) is 4.90 Å². The van der Waals surface area contributed by atoms with Crippen LogP contribution in [0.2, 0.25) is 0 Å². The van der Waals surface area contributed by atoms with Crippen molar-refractivity contribution in [2.45, 2.75) is 53.4 Å². The first-order chi connectivity index (χ1) is 13.3. The summed E-state index contributed by atoms with van der Waals surface area (Å²) in [5.74, 6) is 1.63. The van der Waals surface area contributed by atoms with E-state index in [2.05, 4.69) is 101 Å². The lowest BCUT2D eigenvalue weighted by Crippen LogP contribution is -2.39. The quantitative estimate of drug-likeness (QED) is 0.556. The Bertz CT molecular complexity index is 788. The summed E-state index contributed by atoms with van der Waals surface area (Å²) < 4.78 is 0. The van der Waals surface area contributed by atoms with Crippen LogP contribution in [-0.4, -0.2) is 24.5 Å². The van der Waals surface area contributed by atoms with Crippen LogP contribution < -0.4 is 0 Å². The maximum Gasteiger partial charge on any atom is 0.0196 e. The Morgan fingerprint density at radius 1 is 0.857 bits per heavy atom. The third-order valence-corrected chi connectivity index (χ3v) is 6.58. The fourth-order valence-electron chi connectivity index (χ4n) is 4.78. The molecule has 1 heteroatoms. The zero-order valence-corrected chi connectivity index (χ0v) is 18.6. The molecule has 3 rings (SSSR count). The maximum absolute atomic E-state index is 2.64. The van der Waals surface area contributed by atoms with Gasteiger partial charge in [-0.3, -0.25) is 4.90 Å². The number of nitrogens with zero attached hydrogens (tertiary/aromatic N) is 1. The van der Waals surface area contributed by atoms with E-state index in [-0.39, 0.29) is 5.41 Å². The molecule has 0 bridgehead atoms. The highest BCUT2D eigenvalue weighted by atomic mass is 15.1. The fourth-order valence-corrected chi connectivity index (χ4v) is 4.78. The zero-order chi connectivity index (χ0) is 20.3. The number of piperidine rings is 1. The molecule has 2 atom stereocenters. The molecule has 1 aliphatic rings. The highest BCUT2D eigenvalue weighted by Crippen LogP contribution is 2.32. The molecule has 0 spiro atoms. The van der Waals surface area contributed by atoms with Gasteiger partial charge in [0.1, 0.15) is 0 Å². The summed E-state index contributed by atoms with van der Waals surface area (Å²) in [7, 11) is 0. The molecule has 0 N–H and O–H groups in total. The van der Waals surface area contributed by atoms with Gasteiger partial charge in [-0.2, -0.15) is 0 Å². The zero-order valence-electron chi connectivity index (χ0n) is 18.6. The molecular weight excluding hydrogens is 338 g/mol. The highest BCUT2D eigenvalue weighted by molar-refractivity contribution is 5.67. The van der Waals surface area contributed by atoms with Crippen LogP contribution in [0.25, 0.3) is 5.57 Å². The number of hydrogen-bond donors (Lipinski definition) is 0. The van der Waals surface area contributed by atoms with Crippen LogP contribution in [0.4, 0.5) is 0 Å². The van der Waals surface area contributed by atoms with Crippen LogP contribution in [0.1, 0.15) is 64.7 Å². The first kappa shape index (κ1) is 20.9. The number of hydrogen-bond acceptors (Lipinski definition) is 1. The first-order valence-corrected chi connectivity index (χ1v) is 10.8. The van der Waals surface area contributed by atoms with E-state index < -0.39 is 0 Å². The van der Waals surface area contributed by atoms with Crippen molar-refractivity contribution < 1.29 is 0 Å². The third kappa shape index (κ3) is 4.75. The van der Waals surface area contributed by atoms with Crippen LogP contribution >= 0.6 is 0 Å². The van der Waals surface area contributed by atoms with E-state index in [1.807, 2.05) is 0 Å². The number of rotatable bonds is 5. The summed E-state index contributed by atoms with van der Waals surface area (Å²) in [4.78, 5) is 2.64. The fraction of sp³-hybridized carbons (Fsp3) is 0.481. The molecule has 150 valence electrons. The largest absolute Gasteiger partial charge is 0.299 e. The number of allylic oxidation sites excluding steroid dienone is 1. The van der Waals surface area contributed by atoms with Gasteiger partial charge in [-0.15, -0.1) is 0 Å². The van der Waals surface area contributed by atoms with Gasteiger partial charge < -0.3 is 0 Å². The van der Waals surface area contributed by atoms with Crippen molar-refractivity contribution in [2.24, 2.45) is 11.8 Å². The maximum atomic E-state index is 2.64. The Kier molecular flexibility index (Phi) is 6.45. The van der Waals surface area contributed by atoms with Gasteiger partial charge in [0, 0.05) is 25.0 Å². The molecule has 0 radical (unpaired) electrons. The monoisotopic (exact) mass is 375 g/mol. The van der Waals surface area contributed by atoms with Gasteiger partial charge in [0.15, 0.2) is 0 Å². The molecule has 28 heavy (non-hydrogen) atoms. The molecule has 0 aromatic heterocycles. The highest BCUT2D eigenvalue weighted by Gasteiger charge is 2.23. The minimum atomic E-state index is 0.0204. The molecule has 0 amide bonds. The van der Waals surface area contributed by atoms with Crippen molar-refractivity contribution >= 4 is 5.57 Å². The van der Waals surface area contributed by atoms with E-state index in [1.54, 1.807) is 0 Å². The normalized spacial score (nSPS) is 22.1. The first-order valence-electron chi connectivity index (χ1n) is 10.8. The van der Waals surface area contributed by atoms with Gasteiger partial charge in [-0.25, -0.2) is 0 Å². The lowest BCUT2D eigenvalue weighted by molar-refractivity contribution is 0.152. The predicted octanol–water partition coefficient (Wildman–Crippen LogP) is 6.78. The van der Waals surface area contributed by atoms with Gasteiger partial charge in [0.2, 0.25) is 0 Å². The number of benzene rings is 2. The third-order valence-electron chi connectivity index (χ3n) is 6.58. The van der Waals surface area contributed by atoms with Crippen LogP contribution in [0, 0.1) is 11.8 Å². The summed E-state index contributed by atoms with van der Waals surface area (Å²) in [6.45, 7) is 17.6. The average molecular weight is 376 g/mol. The van der Waals surface area contributed by atoms with Crippen LogP contribution in [-0.2, 0) is 5.41 Å². The Morgan fingerprint density at radius 3 is 1.96 bits per heavy atom. The van der Waals surface area contributed by atoms with Crippen molar-refractivity contribution in [3.8, 4) is 0 Å². The SMILES string of the molecule is C/C(CN1CC(C)CC(C)C1)=C(/C)c1ccc(C(C)(C)c2ccccc2)cc1. The molecule has 0 saturated carbocycles. The molecule has 1 nitrogen and oxygen atoms in total. The molecular formula is C27H37N. The second-order valence-electron chi connectivity index (χ2n) is 9.61. The van der Waals surface area contributed by atoms with Gasteiger partial charge in [0.25, 0.3) is 0 Å². The summed E-state index contributed by atoms with van der Waals surface area (Å²) in [6.07, 6.45) is 1.37. The van der Waals surface area contributed by atoms with Gasteiger partial charge in [-0.1, -0.05) is 87.9 Å². The van der Waals surface area contributed by atoms with E-state index >= 15 is 0 Å². The van der Waals surface area contributed by atoms with Gasteiger partial charge in [0.05, 0.1) is 0 Å². The second-order valence-corrected chi connectivity index (χ2v) is 9.61. The standard InChI is InChI=1S/C27H37N/c1-20-16-21(2)18-28(17-20)19-22(3)23(4)24-12-14-26(15-13-24)27(5,6)25-10-8-7-9-11-25/h7-15,20-21H,16-19H2,1-6H3/b23-22+. The Labute approximate surface area is 172 Å². The Hall–Kier alpha value is -1.86. The van der Waals surface area contributed by atoms with E-state index in [0.29, 0.717) is 0 Å². The van der Waals surface area contributed by atoms with Crippen molar-refractivity contribution in [1.29, 1.82) is 0 Å². The topological polar surface area (TPSA) is 3.24 Å². The van der Waals surface area contributed by atoms with Crippen molar-refractivity contribution in [3.63, 3.8) is 0 Å². The second kappa shape index (κ2) is 8.66. The Balaban J connectivity index is 1.75. The average Bonchev–Trinajstić information content (AvgIpc) is 2.67. The predicted molar refractivity (Wildman–Crippen MR) is 123 cm³/mol. The molecule has 2 aromatic rings. The molecule has 1 heterocycles. The van der Waals surface area contributed by atoms with E-state index in [1.165, 1.54) is 47.3 Å². The van der Waals surface area contributed by atoms with E-state index in [0.717, 1.165) is 18.4 Å². The van der Waals surface area contributed by atoms with Crippen LogP contribution in [0.3, 0.4) is 0 Å². The smallest absolute Gasteiger partial charge is 0.0196 e. The molecule has 1 fully saturated rings. The minimum Gasteiger partial charge on any atom is -0.299 e. The van der Waals surface area contributed by atoms with Crippen molar-refractivity contribution in [3.05, 3.63) is 76.9 Å². The van der Waals surface area contributed by atoms with E-state index in [4.69, 9.17) is 0 Å². The minimum absolute atomic E-state index is 0.0204. The summed E-state index contributed by atoms with van der Waals surface area (Å²) in [6, 6.07) is 20.0. The molecule has 2 unspecified atom stereocenters. The Morgan fingerprint density at radius 2 is 1.39 bits per heavy atom. The van der Waals surface area contributed by atoms with Crippen LogP contribution in [0.5, 0.6) is 0 Å². The molecule has 1 aliphatic heterocycles.